The molecule has 164 valence electrons. The molecule has 31 heavy (non-hydrogen) atoms. The van der Waals surface area contributed by atoms with E-state index in [4.69, 9.17) is 17.3 Å². The highest BCUT2D eigenvalue weighted by molar-refractivity contribution is 6.30. The predicted molar refractivity (Wildman–Crippen MR) is 121 cm³/mol. The van der Waals surface area contributed by atoms with Crippen molar-refractivity contribution in [2.75, 3.05) is 24.6 Å². The van der Waals surface area contributed by atoms with Gasteiger partial charge in [0.05, 0.1) is 11.4 Å². The van der Waals surface area contributed by atoms with Gasteiger partial charge in [-0.2, -0.15) is 0 Å². The van der Waals surface area contributed by atoms with Crippen LogP contribution >= 0.6 is 11.6 Å². The van der Waals surface area contributed by atoms with Gasteiger partial charge in [0, 0.05) is 42.9 Å². The van der Waals surface area contributed by atoms with Gasteiger partial charge in [0.2, 0.25) is 5.91 Å². The number of rotatable bonds is 7. The number of H-pyrrole nitrogens is 1. The number of halogens is 1. The molecule has 0 saturated carbocycles. The second-order valence-electron chi connectivity index (χ2n) is 8.15. The van der Waals surface area contributed by atoms with Gasteiger partial charge in [0.25, 0.3) is 0 Å². The number of aromatic nitrogens is 3. The Hall–Kier alpha value is -2.68. The molecule has 1 fully saturated rings. The van der Waals surface area contributed by atoms with Crippen LogP contribution in [0.25, 0.3) is 11.0 Å². The average molecular weight is 443 g/mol. The van der Waals surface area contributed by atoms with Crippen LogP contribution in [0.5, 0.6) is 0 Å². The third kappa shape index (κ3) is 4.98. The zero-order chi connectivity index (χ0) is 21.8. The van der Waals surface area contributed by atoms with Gasteiger partial charge in [-0.3, -0.25) is 4.79 Å². The van der Waals surface area contributed by atoms with E-state index in [2.05, 4.69) is 25.2 Å². The highest BCUT2D eigenvalue weighted by atomic mass is 35.5. The fourth-order valence-corrected chi connectivity index (χ4v) is 4.29. The molecule has 1 aromatic carbocycles. The van der Waals surface area contributed by atoms with Crippen LogP contribution < -0.4 is 16.0 Å². The smallest absolute Gasteiger partial charge is 0.222 e. The Bertz CT molecular complexity index is 1030. The molecule has 1 aliphatic rings. The summed E-state index contributed by atoms with van der Waals surface area (Å²) < 4.78 is 0. The predicted octanol–water partition coefficient (Wildman–Crippen LogP) is 2.54. The first-order chi connectivity index (χ1) is 15.0. The summed E-state index contributed by atoms with van der Waals surface area (Å²) in [6.07, 6.45) is 5.44. The van der Waals surface area contributed by atoms with E-state index >= 15 is 0 Å². The van der Waals surface area contributed by atoms with Crippen molar-refractivity contribution in [2.45, 2.75) is 37.3 Å². The van der Waals surface area contributed by atoms with Crippen LogP contribution in [-0.2, 0) is 4.79 Å². The minimum atomic E-state index is -0.575. The van der Waals surface area contributed by atoms with Crippen LogP contribution in [0.3, 0.4) is 0 Å². The zero-order valence-electron chi connectivity index (χ0n) is 17.2. The number of hydrogen-bond donors (Lipinski definition) is 4. The third-order valence-electron chi connectivity index (χ3n) is 5.93. The number of aliphatic hydroxyl groups is 1. The second-order valence-corrected chi connectivity index (χ2v) is 8.58. The molecule has 0 radical (unpaired) electrons. The zero-order valence-corrected chi connectivity index (χ0v) is 18.0. The number of piperidine rings is 1. The highest BCUT2D eigenvalue weighted by Gasteiger charge is 2.34. The summed E-state index contributed by atoms with van der Waals surface area (Å²) in [5.41, 5.74) is 7.75. The molecule has 1 aliphatic heterocycles. The number of aliphatic hydroxyl groups excluding tert-OH is 1. The number of nitrogens with one attached hydrogen (secondary N) is 2. The summed E-state index contributed by atoms with van der Waals surface area (Å²) in [6.45, 7) is 1.42. The maximum absolute atomic E-state index is 12.8. The van der Waals surface area contributed by atoms with E-state index in [1.54, 1.807) is 18.5 Å². The molecular weight excluding hydrogens is 416 g/mol. The fraction of sp³-hybridized carbons (Fsp3) is 0.409. The highest BCUT2D eigenvalue weighted by Crippen LogP contribution is 2.30. The number of anilines is 1. The van der Waals surface area contributed by atoms with Crippen LogP contribution in [0, 0.1) is 0 Å². The SMILES string of the molecule is NC1(CC(=O)N[C@@H](CCO)c2ccc(Cl)cc2)CCN(c2ncnc3[nH]ccc23)CC1. The maximum atomic E-state index is 12.8. The average Bonchev–Trinajstić information content (AvgIpc) is 3.23. The number of nitrogens with zero attached hydrogens (tertiary/aromatic N) is 3. The lowest BCUT2D eigenvalue weighted by molar-refractivity contribution is -0.123. The number of carbonyl (C=O) groups is 1. The van der Waals surface area contributed by atoms with Crippen molar-refractivity contribution in [1.29, 1.82) is 0 Å². The van der Waals surface area contributed by atoms with Crippen molar-refractivity contribution in [3.63, 3.8) is 0 Å². The number of benzene rings is 1. The van der Waals surface area contributed by atoms with E-state index < -0.39 is 5.54 Å². The number of amides is 1. The monoisotopic (exact) mass is 442 g/mol. The second kappa shape index (κ2) is 9.21. The van der Waals surface area contributed by atoms with Crippen molar-refractivity contribution in [3.8, 4) is 0 Å². The first-order valence-electron chi connectivity index (χ1n) is 10.4. The largest absolute Gasteiger partial charge is 0.396 e. The standard InChI is InChI=1S/C22H27ClN6O2/c23-16-3-1-15(2-4-16)18(6-12-30)28-19(31)13-22(24)7-10-29(11-8-22)21-17-5-9-25-20(17)26-14-27-21/h1-5,9,14,18,30H,6-8,10-13,24H2,(H,28,31)(H,25,26,27)/t18-/m0/s1. The quantitative estimate of drug-likeness (QED) is 0.446. The molecule has 3 aromatic rings. The number of hydrogen-bond acceptors (Lipinski definition) is 6. The van der Waals surface area contributed by atoms with Crippen molar-refractivity contribution in [3.05, 3.63) is 53.4 Å². The molecule has 2 aromatic heterocycles. The van der Waals surface area contributed by atoms with Crippen LogP contribution in [0.1, 0.15) is 37.3 Å². The van der Waals surface area contributed by atoms with E-state index in [1.165, 1.54) is 0 Å². The Morgan fingerprint density at radius 1 is 1.26 bits per heavy atom. The summed E-state index contributed by atoms with van der Waals surface area (Å²) >= 11 is 5.96. The summed E-state index contributed by atoms with van der Waals surface area (Å²) in [4.78, 5) is 26.8. The Morgan fingerprint density at radius 2 is 2.00 bits per heavy atom. The van der Waals surface area contributed by atoms with E-state index in [-0.39, 0.29) is 25.0 Å². The first-order valence-corrected chi connectivity index (χ1v) is 10.8. The van der Waals surface area contributed by atoms with Crippen LogP contribution in [0.15, 0.2) is 42.9 Å². The maximum Gasteiger partial charge on any atom is 0.222 e. The molecule has 1 amide bonds. The van der Waals surface area contributed by atoms with Gasteiger partial charge in [-0.05, 0) is 43.0 Å². The topological polar surface area (TPSA) is 120 Å². The number of carbonyl (C=O) groups excluding carboxylic acids is 1. The molecule has 3 heterocycles. The normalized spacial score (nSPS) is 16.9. The lowest BCUT2D eigenvalue weighted by Gasteiger charge is -2.39. The number of fused-ring (bicyclic) bond motifs is 1. The first kappa shape index (κ1) is 21.5. The molecule has 0 bridgehead atoms. The molecule has 9 heteroatoms. The van der Waals surface area contributed by atoms with E-state index in [0.717, 1.165) is 35.5 Å². The Labute approximate surface area is 185 Å². The third-order valence-corrected chi connectivity index (χ3v) is 6.18. The van der Waals surface area contributed by atoms with E-state index in [9.17, 15) is 9.90 Å². The van der Waals surface area contributed by atoms with Crippen molar-refractivity contribution in [1.82, 2.24) is 20.3 Å². The van der Waals surface area contributed by atoms with Gasteiger partial charge >= 0.3 is 0 Å². The fourth-order valence-electron chi connectivity index (χ4n) is 4.16. The molecule has 1 atom stereocenters. The van der Waals surface area contributed by atoms with Gasteiger partial charge in [0.15, 0.2) is 0 Å². The number of nitrogens with two attached hydrogens (primary N) is 1. The lowest BCUT2D eigenvalue weighted by atomic mass is 9.85. The molecular formula is C22H27ClN6O2. The summed E-state index contributed by atoms with van der Waals surface area (Å²) in [7, 11) is 0. The van der Waals surface area contributed by atoms with Crippen molar-refractivity contribution in [2.24, 2.45) is 5.73 Å². The van der Waals surface area contributed by atoms with Crippen molar-refractivity contribution < 1.29 is 9.90 Å². The van der Waals surface area contributed by atoms with Crippen LogP contribution in [0.2, 0.25) is 5.02 Å². The molecule has 1 saturated heterocycles. The molecule has 4 rings (SSSR count). The number of aromatic amines is 1. The van der Waals surface area contributed by atoms with Gasteiger partial charge in [-0.25, -0.2) is 9.97 Å². The van der Waals surface area contributed by atoms with E-state index in [0.29, 0.717) is 24.3 Å². The lowest BCUT2D eigenvalue weighted by Crippen LogP contribution is -2.53. The minimum Gasteiger partial charge on any atom is -0.396 e. The molecule has 8 nitrogen and oxygen atoms in total. The Balaban J connectivity index is 1.37. The van der Waals surface area contributed by atoms with Gasteiger partial charge < -0.3 is 26.0 Å². The molecule has 5 N–H and O–H groups in total. The minimum absolute atomic E-state index is 0.0249. The Morgan fingerprint density at radius 3 is 2.71 bits per heavy atom. The van der Waals surface area contributed by atoms with Gasteiger partial charge in [0.1, 0.15) is 17.8 Å². The van der Waals surface area contributed by atoms with Crippen molar-refractivity contribution >= 4 is 34.4 Å². The van der Waals surface area contributed by atoms with Crippen LogP contribution in [-0.4, -0.2) is 51.2 Å². The summed E-state index contributed by atoms with van der Waals surface area (Å²) in [5, 5.41) is 14.1. The molecule has 0 unspecified atom stereocenters. The van der Waals surface area contributed by atoms with Crippen LogP contribution in [0.4, 0.5) is 5.82 Å². The van der Waals surface area contributed by atoms with Gasteiger partial charge in [-0.15, -0.1) is 0 Å². The molecule has 0 aliphatic carbocycles. The van der Waals surface area contributed by atoms with E-state index in [1.807, 2.05) is 24.4 Å². The molecule has 0 spiro atoms. The van der Waals surface area contributed by atoms with Gasteiger partial charge in [-0.1, -0.05) is 23.7 Å². The summed E-state index contributed by atoms with van der Waals surface area (Å²) in [6, 6.07) is 8.98. The summed E-state index contributed by atoms with van der Waals surface area (Å²) in [5.74, 6) is 0.780. The Kier molecular flexibility index (Phi) is 6.41.